The molecule has 0 unspecified atom stereocenters. The predicted molar refractivity (Wildman–Crippen MR) is 103 cm³/mol. The van der Waals surface area contributed by atoms with Crippen LogP contribution in [0.5, 0.6) is 0 Å². The Morgan fingerprint density at radius 3 is 2.38 bits per heavy atom. The van der Waals surface area contributed by atoms with Crippen LogP contribution in [-0.2, 0) is 5.54 Å². The van der Waals surface area contributed by atoms with E-state index >= 15 is 0 Å². The van der Waals surface area contributed by atoms with Gasteiger partial charge in [0, 0.05) is 6.42 Å². The first-order valence-electron chi connectivity index (χ1n) is 11.0. The van der Waals surface area contributed by atoms with E-state index in [9.17, 15) is 0 Å². The number of quaternary nitrogens is 2. The average molecular weight is 365 g/mol. The van der Waals surface area contributed by atoms with Crippen LogP contribution in [0.3, 0.4) is 0 Å². The van der Waals surface area contributed by atoms with E-state index < -0.39 is 0 Å². The first kappa shape index (κ1) is 19.7. The van der Waals surface area contributed by atoms with Gasteiger partial charge >= 0.3 is 0 Å². The van der Waals surface area contributed by atoms with Crippen LogP contribution in [0.4, 0.5) is 0 Å². The standard InChI is InChI=1S/C20H38N6/c1-5-6-12-18(19-21-22-23-26(19)20(2,3)4)25-15-13-24(14-16-25)17-10-8-7-9-11-17/h17-18H,5-16H2,1-4H3/p+2/t18-/m1/s1. The quantitative estimate of drug-likeness (QED) is 0.784. The van der Waals surface area contributed by atoms with Crippen LogP contribution < -0.4 is 9.80 Å². The van der Waals surface area contributed by atoms with Gasteiger partial charge in [0.05, 0.1) is 11.6 Å². The van der Waals surface area contributed by atoms with Crippen LogP contribution in [-0.4, -0.2) is 52.4 Å². The van der Waals surface area contributed by atoms with Crippen molar-refractivity contribution in [1.82, 2.24) is 20.2 Å². The van der Waals surface area contributed by atoms with Crippen molar-refractivity contribution >= 4 is 0 Å². The molecule has 1 aromatic rings. The normalized spacial score (nSPS) is 26.8. The van der Waals surface area contributed by atoms with Crippen LogP contribution in [0.25, 0.3) is 0 Å². The van der Waals surface area contributed by atoms with Gasteiger partial charge in [-0.1, -0.05) is 19.8 Å². The molecule has 0 aromatic carbocycles. The molecule has 1 saturated heterocycles. The van der Waals surface area contributed by atoms with Gasteiger partial charge in [-0.2, -0.15) is 0 Å². The SMILES string of the molecule is CCCC[C@H](c1nnnn1C(C)(C)C)[NH+]1CC[NH+](C2CCCCC2)CC1. The van der Waals surface area contributed by atoms with Gasteiger partial charge in [-0.25, -0.2) is 4.68 Å². The molecule has 0 amide bonds. The highest BCUT2D eigenvalue weighted by Crippen LogP contribution is 2.20. The second-order valence-corrected chi connectivity index (χ2v) is 9.47. The lowest BCUT2D eigenvalue weighted by Gasteiger charge is -2.38. The summed E-state index contributed by atoms with van der Waals surface area (Å²) in [6, 6.07) is 1.37. The molecule has 2 aliphatic rings. The minimum absolute atomic E-state index is 0.0576. The summed E-state index contributed by atoms with van der Waals surface area (Å²) in [6.07, 6.45) is 10.9. The third-order valence-electron chi connectivity index (χ3n) is 6.50. The molecule has 26 heavy (non-hydrogen) atoms. The van der Waals surface area contributed by atoms with Gasteiger partial charge < -0.3 is 9.80 Å². The van der Waals surface area contributed by atoms with Crippen LogP contribution in [0.15, 0.2) is 0 Å². The van der Waals surface area contributed by atoms with Crippen molar-refractivity contribution in [1.29, 1.82) is 0 Å². The first-order valence-corrected chi connectivity index (χ1v) is 11.0. The Kier molecular flexibility index (Phi) is 6.67. The van der Waals surface area contributed by atoms with E-state index in [0.717, 1.165) is 11.9 Å². The van der Waals surface area contributed by atoms with E-state index in [0.29, 0.717) is 6.04 Å². The maximum Gasteiger partial charge on any atom is 0.209 e. The van der Waals surface area contributed by atoms with Crippen molar-refractivity contribution in [2.45, 2.75) is 96.7 Å². The topological polar surface area (TPSA) is 52.5 Å². The third kappa shape index (κ3) is 4.63. The van der Waals surface area contributed by atoms with Crippen molar-refractivity contribution < 1.29 is 9.80 Å². The lowest BCUT2D eigenvalue weighted by molar-refractivity contribution is -1.04. The Morgan fingerprint density at radius 2 is 1.77 bits per heavy atom. The fourth-order valence-electron chi connectivity index (χ4n) is 4.97. The summed E-state index contributed by atoms with van der Waals surface area (Å²) < 4.78 is 2.07. The highest BCUT2D eigenvalue weighted by atomic mass is 15.6. The van der Waals surface area contributed by atoms with Crippen LogP contribution in [0.2, 0.25) is 0 Å². The molecule has 2 N–H and O–H groups in total. The molecule has 1 aromatic heterocycles. The van der Waals surface area contributed by atoms with Gasteiger partial charge in [0.15, 0.2) is 0 Å². The number of hydrogen-bond donors (Lipinski definition) is 2. The largest absolute Gasteiger partial charge is 0.323 e. The zero-order valence-corrected chi connectivity index (χ0v) is 17.4. The lowest BCUT2D eigenvalue weighted by Crippen LogP contribution is -3.29. The van der Waals surface area contributed by atoms with Gasteiger partial charge in [-0.3, -0.25) is 0 Å². The van der Waals surface area contributed by atoms with Crippen molar-refractivity contribution in [3.8, 4) is 0 Å². The summed E-state index contributed by atoms with van der Waals surface area (Å²) >= 11 is 0. The molecule has 0 bridgehead atoms. The zero-order valence-electron chi connectivity index (χ0n) is 17.4. The summed E-state index contributed by atoms with van der Waals surface area (Å²) in [5.41, 5.74) is -0.0576. The van der Waals surface area contributed by atoms with Crippen LogP contribution in [0, 0.1) is 0 Å². The number of nitrogens with one attached hydrogen (secondary N) is 2. The number of piperazine rings is 1. The van der Waals surface area contributed by atoms with E-state index in [-0.39, 0.29) is 5.54 Å². The molecule has 2 heterocycles. The Bertz CT molecular complexity index is 535. The first-order chi connectivity index (χ1) is 12.5. The smallest absolute Gasteiger partial charge is 0.209 e. The van der Waals surface area contributed by atoms with E-state index in [1.54, 1.807) is 4.90 Å². The molecule has 6 heteroatoms. The molecule has 6 nitrogen and oxygen atoms in total. The van der Waals surface area contributed by atoms with Crippen molar-refractivity contribution in [2.24, 2.45) is 0 Å². The number of rotatable bonds is 6. The summed E-state index contributed by atoms with van der Waals surface area (Å²) in [5.74, 6) is 1.10. The molecule has 1 aliphatic heterocycles. The zero-order chi connectivity index (χ0) is 18.6. The average Bonchev–Trinajstić information content (AvgIpc) is 3.13. The molecule has 1 atom stereocenters. The monoisotopic (exact) mass is 364 g/mol. The second-order valence-electron chi connectivity index (χ2n) is 9.47. The number of hydrogen-bond acceptors (Lipinski definition) is 3. The molecular formula is C20H40N6+2. The Hall–Kier alpha value is -1.01. The fourth-order valence-corrected chi connectivity index (χ4v) is 4.97. The molecule has 148 valence electrons. The number of nitrogens with zero attached hydrogens (tertiary/aromatic N) is 4. The van der Waals surface area contributed by atoms with Gasteiger partial charge in [0.2, 0.25) is 5.82 Å². The Balaban J connectivity index is 1.68. The maximum atomic E-state index is 4.49. The van der Waals surface area contributed by atoms with Gasteiger partial charge in [-0.05, 0) is 63.3 Å². The summed E-state index contributed by atoms with van der Waals surface area (Å²) in [4.78, 5) is 3.58. The molecule has 0 spiro atoms. The molecular weight excluding hydrogens is 324 g/mol. The van der Waals surface area contributed by atoms with Crippen molar-refractivity contribution in [2.75, 3.05) is 26.2 Å². The van der Waals surface area contributed by atoms with Crippen LogP contribution in [0.1, 0.15) is 90.9 Å². The summed E-state index contributed by atoms with van der Waals surface area (Å²) in [7, 11) is 0. The highest BCUT2D eigenvalue weighted by molar-refractivity contribution is 4.92. The third-order valence-corrected chi connectivity index (χ3v) is 6.50. The number of tetrazole rings is 1. The second kappa shape index (κ2) is 8.79. The minimum Gasteiger partial charge on any atom is -0.323 e. The molecule has 1 aliphatic carbocycles. The molecule has 3 rings (SSSR count). The van der Waals surface area contributed by atoms with E-state index in [4.69, 9.17) is 0 Å². The predicted octanol–water partition coefficient (Wildman–Crippen LogP) is 0.776. The molecule has 1 saturated carbocycles. The maximum absolute atomic E-state index is 4.49. The highest BCUT2D eigenvalue weighted by Gasteiger charge is 2.37. The van der Waals surface area contributed by atoms with E-state index in [1.807, 2.05) is 4.90 Å². The Labute approximate surface area is 159 Å². The number of unbranched alkanes of at least 4 members (excludes halogenated alkanes) is 1. The Morgan fingerprint density at radius 1 is 1.08 bits per heavy atom. The van der Waals surface area contributed by atoms with Gasteiger partial charge in [-0.15, -0.1) is 5.10 Å². The molecule has 0 radical (unpaired) electrons. The van der Waals surface area contributed by atoms with E-state index in [2.05, 4.69) is 47.9 Å². The molecule has 2 fully saturated rings. The van der Waals surface area contributed by atoms with Gasteiger partial charge in [0.1, 0.15) is 32.2 Å². The van der Waals surface area contributed by atoms with Crippen molar-refractivity contribution in [3.05, 3.63) is 5.82 Å². The minimum atomic E-state index is -0.0576. The number of aromatic nitrogens is 4. The van der Waals surface area contributed by atoms with E-state index in [1.165, 1.54) is 77.5 Å². The summed E-state index contributed by atoms with van der Waals surface area (Å²) in [6.45, 7) is 14.0. The summed E-state index contributed by atoms with van der Waals surface area (Å²) in [5, 5.41) is 12.9. The fraction of sp³-hybridized carbons (Fsp3) is 0.950. The van der Waals surface area contributed by atoms with Crippen molar-refractivity contribution in [3.63, 3.8) is 0 Å². The van der Waals surface area contributed by atoms with Crippen LogP contribution >= 0.6 is 0 Å². The van der Waals surface area contributed by atoms with Gasteiger partial charge in [0.25, 0.3) is 0 Å². The lowest BCUT2D eigenvalue weighted by atomic mass is 9.93.